The molecule has 0 saturated carbocycles. The lowest BCUT2D eigenvalue weighted by Crippen LogP contribution is -2.41. The average Bonchev–Trinajstić information content (AvgIpc) is 2.68. The second-order valence-corrected chi connectivity index (χ2v) is 8.39. The van der Waals surface area contributed by atoms with Crippen molar-refractivity contribution in [2.24, 2.45) is 5.92 Å². The minimum atomic E-state index is -4.48. The first-order valence-electron chi connectivity index (χ1n) is 9.18. The number of carbonyl (C=O) groups is 1. The Morgan fingerprint density at radius 1 is 1.28 bits per heavy atom. The number of pyridine rings is 1. The third kappa shape index (κ3) is 5.42. The summed E-state index contributed by atoms with van der Waals surface area (Å²) in [4.78, 5) is 18.3. The molecule has 1 aromatic heterocycles. The highest BCUT2D eigenvalue weighted by Gasteiger charge is 2.33. The molecule has 1 N–H and O–H groups in total. The third-order valence-electron chi connectivity index (χ3n) is 5.04. The number of halogens is 5. The van der Waals surface area contributed by atoms with Crippen LogP contribution in [0, 0.1) is 5.92 Å². The molecule has 1 aromatic carbocycles. The molecule has 1 saturated heterocycles. The Bertz CT molecular complexity index is 868. The summed E-state index contributed by atoms with van der Waals surface area (Å²) in [5.74, 6) is 0.144. The molecular weight excluding hydrogens is 471 g/mol. The minimum Gasteiger partial charge on any atom is -0.355 e. The molecule has 29 heavy (non-hydrogen) atoms. The molecule has 1 aliphatic heterocycles. The molecule has 2 heterocycles. The standard InChI is InChI=1S/C20H20BrClF3N3O/c1-12(13-2-4-16(21)5-3-13)27-19(29)14-6-8-28(9-7-14)18-17(22)10-15(11-26-18)20(23,24)25/h2-5,10-12,14H,6-9H2,1H3,(H,27,29). The van der Waals surface area contributed by atoms with Crippen molar-refractivity contribution in [1.82, 2.24) is 10.3 Å². The van der Waals surface area contributed by atoms with Gasteiger partial charge >= 0.3 is 6.18 Å². The molecular formula is C20H20BrClF3N3O. The van der Waals surface area contributed by atoms with Gasteiger partial charge in [-0.2, -0.15) is 13.2 Å². The zero-order chi connectivity index (χ0) is 21.2. The molecule has 9 heteroatoms. The van der Waals surface area contributed by atoms with Crippen molar-refractivity contribution in [3.8, 4) is 0 Å². The zero-order valence-electron chi connectivity index (χ0n) is 15.6. The fourth-order valence-electron chi connectivity index (χ4n) is 3.34. The Hall–Kier alpha value is -1.80. The summed E-state index contributed by atoms with van der Waals surface area (Å²) in [5, 5.41) is 3.00. The van der Waals surface area contributed by atoms with Gasteiger partial charge in [-0.3, -0.25) is 4.79 Å². The van der Waals surface area contributed by atoms with E-state index in [0.717, 1.165) is 22.3 Å². The molecule has 0 radical (unpaired) electrons. The lowest BCUT2D eigenvalue weighted by Gasteiger charge is -2.33. The minimum absolute atomic E-state index is 0.0217. The van der Waals surface area contributed by atoms with Gasteiger partial charge in [-0.1, -0.05) is 39.7 Å². The van der Waals surface area contributed by atoms with Crippen LogP contribution in [0.4, 0.5) is 19.0 Å². The van der Waals surface area contributed by atoms with E-state index in [1.165, 1.54) is 0 Å². The number of nitrogens with zero attached hydrogens (tertiary/aromatic N) is 2. The van der Waals surface area contributed by atoms with E-state index in [-0.39, 0.29) is 22.9 Å². The second kappa shape index (κ2) is 8.92. The molecule has 0 bridgehead atoms. The van der Waals surface area contributed by atoms with Crippen molar-refractivity contribution in [2.45, 2.75) is 32.0 Å². The topological polar surface area (TPSA) is 45.2 Å². The summed E-state index contributed by atoms with van der Waals surface area (Å²) in [6.07, 6.45) is -2.53. The van der Waals surface area contributed by atoms with Crippen LogP contribution in [-0.4, -0.2) is 24.0 Å². The maximum atomic E-state index is 12.8. The van der Waals surface area contributed by atoms with E-state index in [2.05, 4.69) is 26.2 Å². The number of hydrogen-bond acceptors (Lipinski definition) is 3. The van der Waals surface area contributed by atoms with Gasteiger partial charge in [0.2, 0.25) is 5.91 Å². The summed E-state index contributed by atoms with van der Waals surface area (Å²) >= 11 is 9.42. The zero-order valence-corrected chi connectivity index (χ0v) is 18.0. The lowest BCUT2D eigenvalue weighted by molar-refractivity contribution is -0.137. The summed E-state index contributed by atoms with van der Waals surface area (Å²) < 4.78 is 39.3. The number of rotatable bonds is 4. The number of aromatic nitrogens is 1. The number of carbonyl (C=O) groups excluding carboxylic acids is 1. The Morgan fingerprint density at radius 2 is 1.90 bits per heavy atom. The van der Waals surface area contributed by atoms with Gasteiger partial charge < -0.3 is 10.2 Å². The molecule has 1 unspecified atom stereocenters. The highest BCUT2D eigenvalue weighted by molar-refractivity contribution is 9.10. The number of benzene rings is 1. The van der Waals surface area contributed by atoms with Crippen LogP contribution in [0.15, 0.2) is 41.0 Å². The molecule has 1 fully saturated rings. The smallest absolute Gasteiger partial charge is 0.355 e. The average molecular weight is 491 g/mol. The van der Waals surface area contributed by atoms with Crippen LogP contribution >= 0.6 is 27.5 Å². The van der Waals surface area contributed by atoms with E-state index in [4.69, 9.17) is 11.6 Å². The van der Waals surface area contributed by atoms with E-state index in [1.807, 2.05) is 36.1 Å². The van der Waals surface area contributed by atoms with Crippen LogP contribution in [0.2, 0.25) is 5.02 Å². The van der Waals surface area contributed by atoms with Crippen molar-refractivity contribution < 1.29 is 18.0 Å². The first-order valence-corrected chi connectivity index (χ1v) is 10.4. The fraction of sp³-hybridized carbons (Fsp3) is 0.400. The van der Waals surface area contributed by atoms with Gasteiger partial charge in [0.15, 0.2) is 0 Å². The van der Waals surface area contributed by atoms with Crippen LogP contribution < -0.4 is 10.2 Å². The summed E-state index contributed by atoms with van der Waals surface area (Å²) in [6, 6.07) is 8.54. The quantitative estimate of drug-likeness (QED) is 0.606. The van der Waals surface area contributed by atoms with Crippen molar-refractivity contribution in [2.75, 3.05) is 18.0 Å². The number of alkyl halides is 3. The van der Waals surface area contributed by atoms with Crippen LogP contribution in [-0.2, 0) is 11.0 Å². The van der Waals surface area contributed by atoms with Crippen molar-refractivity contribution in [3.05, 3.63) is 57.2 Å². The molecule has 4 nitrogen and oxygen atoms in total. The van der Waals surface area contributed by atoms with Gasteiger partial charge in [0.05, 0.1) is 16.6 Å². The second-order valence-electron chi connectivity index (χ2n) is 7.07. The van der Waals surface area contributed by atoms with Gasteiger partial charge in [0, 0.05) is 29.7 Å². The lowest BCUT2D eigenvalue weighted by atomic mass is 9.95. The number of nitrogens with one attached hydrogen (secondary N) is 1. The van der Waals surface area contributed by atoms with Crippen molar-refractivity contribution in [3.63, 3.8) is 0 Å². The largest absolute Gasteiger partial charge is 0.417 e. The van der Waals surface area contributed by atoms with E-state index >= 15 is 0 Å². The van der Waals surface area contributed by atoms with Crippen LogP contribution in [0.5, 0.6) is 0 Å². The number of anilines is 1. The molecule has 156 valence electrons. The van der Waals surface area contributed by atoms with Gasteiger partial charge in [0.25, 0.3) is 0 Å². The highest BCUT2D eigenvalue weighted by atomic mass is 79.9. The Balaban J connectivity index is 1.57. The molecule has 0 spiro atoms. The third-order valence-corrected chi connectivity index (χ3v) is 5.85. The summed E-state index contributed by atoms with van der Waals surface area (Å²) in [7, 11) is 0. The molecule has 1 aliphatic rings. The van der Waals surface area contributed by atoms with Crippen LogP contribution in [0.1, 0.15) is 36.9 Å². The number of hydrogen-bond donors (Lipinski definition) is 1. The van der Waals surface area contributed by atoms with Gasteiger partial charge in [0.1, 0.15) is 5.82 Å². The molecule has 0 aliphatic carbocycles. The highest BCUT2D eigenvalue weighted by Crippen LogP contribution is 2.34. The van der Waals surface area contributed by atoms with Gasteiger partial charge in [-0.25, -0.2) is 4.98 Å². The molecule has 2 aromatic rings. The molecule has 3 rings (SSSR count). The summed E-state index contributed by atoms with van der Waals surface area (Å²) in [6.45, 7) is 2.94. The number of amides is 1. The van der Waals surface area contributed by atoms with Gasteiger partial charge in [-0.05, 0) is 43.5 Å². The van der Waals surface area contributed by atoms with Crippen molar-refractivity contribution in [1.29, 1.82) is 0 Å². The van der Waals surface area contributed by atoms with E-state index < -0.39 is 11.7 Å². The summed E-state index contributed by atoms with van der Waals surface area (Å²) in [5.41, 5.74) is 0.141. The maximum absolute atomic E-state index is 12.8. The molecule has 1 amide bonds. The monoisotopic (exact) mass is 489 g/mol. The number of piperidine rings is 1. The fourth-order valence-corrected chi connectivity index (χ4v) is 3.89. The SMILES string of the molecule is CC(NC(=O)C1CCN(c2ncc(C(F)(F)F)cc2Cl)CC1)c1ccc(Br)cc1. The van der Waals surface area contributed by atoms with E-state index in [1.54, 1.807) is 0 Å². The Morgan fingerprint density at radius 3 is 2.45 bits per heavy atom. The predicted octanol–water partition coefficient (Wildman–Crippen LogP) is 5.61. The van der Waals surface area contributed by atoms with E-state index in [9.17, 15) is 18.0 Å². The van der Waals surface area contributed by atoms with Crippen LogP contribution in [0.25, 0.3) is 0 Å². The first kappa shape index (κ1) is 21.9. The molecule has 1 atom stereocenters. The first-order chi connectivity index (χ1) is 13.6. The van der Waals surface area contributed by atoms with E-state index in [0.29, 0.717) is 31.7 Å². The normalized spacial score (nSPS) is 16.6. The maximum Gasteiger partial charge on any atom is 0.417 e. The predicted molar refractivity (Wildman–Crippen MR) is 110 cm³/mol. The van der Waals surface area contributed by atoms with Crippen LogP contribution in [0.3, 0.4) is 0 Å². The Labute approximate surface area is 180 Å². The Kier molecular flexibility index (Phi) is 6.73. The van der Waals surface area contributed by atoms with Crippen molar-refractivity contribution >= 4 is 39.3 Å². The van der Waals surface area contributed by atoms with Gasteiger partial charge in [-0.15, -0.1) is 0 Å².